The summed E-state index contributed by atoms with van der Waals surface area (Å²) in [5.41, 5.74) is 6.10. The van der Waals surface area contributed by atoms with Crippen molar-refractivity contribution in [3.05, 3.63) is 0 Å². The Morgan fingerprint density at radius 2 is 2.00 bits per heavy atom. The summed E-state index contributed by atoms with van der Waals surface area (Å²) in [5.74, 6) is 1.43. The Morgan fingerprint density at radius 3 is 2.36 bits per heavy atom. The molecule has 84 valence electrons. The van der Waals surface area contributed by atoms with E-state index in [-0.39, 0.29) is 0 Å². The van der Waals surface area contributed by atoms with Crippen molar-refractivity contribution in [3.8, 4) is 0 Å². The van der Waals surface area contributed by atoms with E-state index in [0.717, 1.165) is 12.5 Å². The lowest BCUT2D eigenvalue weighted by Crippen LogP contribution is -2.48. The molecule has 2 nitrogen and oxygen atoms in total. The Hall–Kier alpha value is -0.0800. The molecule has 1 aliphatic heterocycles. The van der Waals surface area contributed by atoms with E-state index >= 15 is 0 Å². The van der Waals surface area contributed by atoms with Crippen LogP contribution >= 0.6 is 0 Å². The van der Waals surface area contributed by atoms with E-state index in [4.69, 9.17) is 5.73 Å². The van der Waals surface area contributed by atoms with Gasteiger partial charge in [-0.25, -0.2) is 0 Å². The first-order valence-corrected chi connectivity index (χ1v) is 5.85. The number of likely N-dealkylation sites (tertiary alicyclic amines) is 1. The molecule has 1 heterocycles. The number of hydrogen-bond acceptors (Lipinski definition) is 2. The highest BCUT2D eigenvalue weighted by molar-refractivity contribution is 4.94. The van der Waals surface area contributed by atoms with Gasteiger partial charge >= 0.3 is 0 Å². The van der Waals surface area contributed by atoms with Crippen LogP contribution in [0, 0.1) is 11.8 Å². The molecule has 14 heavy (non-hydrogen) atoms. The highest BCUT2D eigenvalue weighted by Gasteiger charge is 2.39. The third-order valence-corrected chi connectivity index (χ3v) is 3.82. The molecule has 3 unspecified atom stereocenters. The molecule has 0 radical (unpaired) electrons. The number of nitrogens with two attached hydrogens (primary N) is 1. The molecule has 1 fully saturated rings. The Morgan fingerprint density at radius 1 is 1.43 bits per heavy atom. The molecule has 2 heteroatoms. The monoisotopic (exact) mass is 198 g/mol. The topological polar surface area (TPSA) is 29.3 Å². The quantitative estimate of drug-likeness (QED) is 0.752. The lowest BCUT2D eigenvalue weighted by Gasteiger charge is -2.39. The first kappa shape index (κ1) is 12.0. The zero-order valence-corrected chi connectivity index (χ0v) is 10.4. The van der Waals surface area contributed by atoms with Crippen LogP contribution in [0.2, 0.25) is 0 Å². The highest BCUT2D eigenvalue weighted by atomic mass is 15.2. The molecular weight excluding hydrogens is 172 g/mol. The predicted octanol–water partition coefficient (Wildman–Crippen LogP) is 2.09. The summed E-state index contributed by atoms with van der Waals surface area (Å²) in [6, 6.07) is 0.611. The molecule has 0 bridgehead atoms. The molecule has 1 aliphatic rings. The molecule has 3 atom stereocenters. The zero-order valence-electron chi connectivity index (χ0n) is 10.4. The standard InChI is InChI=1S/C12H26N2/c1-9-6-12(4,5)14(8-9)11(3)10(2)7-13/h9-11H,6-8,13H2,1-5H3. The third kappa shape index (κ3) is 2.29. The van der Waals surface area contributed by atoms with Crippen LogP contribution in [0.4, 0.5) is 0 Å². The summed E-state index contributed by atoms with van der Waals surface area (Å²) >= 11 is 0. The molecule has 0 aromatic carbocycles. The first-order valence-electron chi connectivity index (χ1n) is 5.85. The zero-order chi connectivity index (χ0) is 10.9. The maximum Gasteiger partial charge on any atom is 0.0159 e. The fraction of sp³-hybridized carbons (Fsp3) is 1.00. The fourth-order valence-electron chi connectivity index (χ4n) is 2.84. The van der Waals surface area contributed by atoms with Crippen LogP contribution in [0.5, 0.6) is 0 Å². The minimum atomic E-state index is 0.363. The van der Waals surface area contributed by atoms with Gasteiger partial charge in [-0.2, -0.15) is 0 Å². The van der Waals surface area contributed by atoms with Crippen LogP contribution in [0.3, 0.4) is 0 Å². The number of hydrogen-bond donors (Lipinski definition) is 1. The maximum atomic E-state index is 5.74. The lowest BCUT2D eigenvalue weighted by molar-refractivity contribution is 0.0937. The fourth-order valence-corrected chi connectivity index (χ4v) is 2.84. The van der Waals surface area contributed by atoms with Gasteiger partial charge in [-0.1, -0.05) is 13.8 Å². The molecule has 0 amide bonds. The van der Waals surface area contributed by atoms with Crippen LogP contribution in [0.25, 0.3) is 0 Å². The van der Waals surface area contributed by atoms with Crippen LogP contribution in [-0.4, -0.2) is 29.6 Å². The Labute approximate surface area is 88.8 Å². The van der Waals surface area contributed by atoms with Gasteiger partial charge in [0.15, 0.2) is 0 Å². The third-order valence-electron chi connectivity index (χ3n) is 3.82. The predicted molar refractivity (Wildman–Crippen MR) is 62.2 cm³/mol. The minimum absolute atomic E-state index is 0.363. The van der Waals surface area contributed by atoms with Crippen molar-refractivity contribution < 1.29 is 0 Å². The summed E-state index contributed by atoms with van der Waals surface area (Å²) in [5, 5.41) is 0. The van der Waals surface area contributed by atoms with E-state index in [2.05, 4.69) is 39.5 Å². The van der Waals surface area contributed by atoms with Gasteiger partial charge in [-0.05, 0) is 45.6 Å². The van der Waals surface area contributed by atoms with Gasteiger partial charge in [0, 0.05) is 18.1 Å². The number of rotatable bonds is 3. The molecule has 0 aromatic rings. The van der Waals surface area contributed by atoms with E-state index in [0.29, 0.717) is 17.5 Å². The molecule has 0 saturated carbocycles. The van der Waals surface area contributed by atoms with Crippen LogP contribution < -0.4 is 5.73 Å². The van der Waals surface area contributed by atoms with E-state index in [9.17, 15) is 0 Å². The molecule has 1 saturated heterocycles. The van der Waals surface area contributed by atoms with Crippen molar-refractivity contribution in [1.82, 2.24) is 4.90 Å². The van der Waals surface area contributed by atoms with E-state index in [1.165, 1.54) is 13.0 Å². The largest absolute Gasteiger partial charge is 0.330 e. The molecule has 0 spiro atoms. The van der Waals surface area contributed by atoms with E-state index in [1.54, 1.807) is 0 Å². The minimum Gasteiger partial charge on any atom is -0.330 e. The Kier molecular flexibility index (Phi) is 3.59. The van der Waals surface area contributed by atoms with Gasteiger partial charge in [-0.15, -0.1) is 0 Å². The van der Waals surface area contributed by atoms with Gasteiger partial charge in [0.05, 0.1) is 0 Å². The maximum absolute atomic E-state index is 5.74. The Balaban J connectivity index is 2.67. The molecule has 2 N–H and O–H groups in total. The SMILES string of the molecule is CC1CN(C(C)C(C)CN)C(C)(C)C1. The second-order valence-corrected chi connectivity index (χ2v) is 5.73. The number of nitrogens with zero attached hydrogens (tertiary/aromatic N) is 1. The van der Waals surface area contributed by atoms with Gasteiger partial charge in [0.1, 0.15) is 0 Å². The van der Waals surface area contributed by atoms with Gasteiger partial charge in [-0.3, -0.25) is 4.90 Å². The molecule has 1 rings (SSSR count). The summed E-state index contributed by atoms with van der Waals surface area (Å²) in [4.78, 5) is 2.63. The molecular formula is C12H26N2. The van der Waals surface area contributed by atoms with Gasteiger partial charge < -0.3 is 5.73 Å². The molecule has 0 aromatic heterocycles. The normalized spacial score (nSPS) is 31.7. The van der Waals surface area contributed by atoms with Crippen molar-refractivity contribution in [2.24, 2.45) is 17.6 Å². The van der Waals surface area contributed by atoms with Crippen LogP contribution in [0.15, 0.2) is 0 Å². The average molecular weight is 198 g/mol. The summed E-state index contributed by atoms with van der Waals surface area (Å²) in [6.07, 6.45) is 1.31. The average Bonchev–Trinajstić information content (AvgIpc) is 2.36. The van der Waals surface area contributed by atoms with Crippen LogP contribution in [-0.2, 0) is 0 Å². The van der Waals surface area contributed by atoms with Crippen molar-refractivity contribution in [3.63, 3.8) is 0 Å². The first-order chi connectivity index (χ1) is 6.38. The van der Waals surface area contributed by atoms with Crippen molar-refractivity contribution >= 4 is 0 Å². The van der Waals surface area contributed by atoms with Gasteiger partial charge in [0.2, 0.25) is 0 Å². The molecule has 0 aliphatic carbocycles. The van der Waals surface area contributed by atoms with E-state index < -0.39 is 0 Å². The van der Waals surface area contributed by atoms with E-state index in [1.807, 2.05) is 0 Å². The second kappa shape index (κ2) is 4.19. The Bertz CT molecular complexity index is 189. The summed E-state index contributed by atoms with van der Waals surface area (Å²) < 4.78 is 0. The van der Waals surface area contributed by atoms with Crippen molar-refractivity contribution in [2.45, 2.75) is 52.6 Å². The lowest BCUT2D eigenvalue weighted by atomic mass is 9.94. The van der Waals surface area contributed by atoms with Gasteiger partial charge in [0.25, 0.3) is 0 Å². The second-order valence-electron chi connectivity index (χ2n) is 5.73. The summed E-state index contributed by atoms with van der Waals surface area (Å²) in [6.45, 7) is 13.7. The van der Waals surface area contributed by atoms with Crippen LogP contribution in [0.1, 0.15) is 41.0 Å². The van der Waals surface area contributed by atoms with Crippen molar-refractivity contribution in [2.75, 3.05) is 13.1 Å². The highest BCUT2D eigenvalue weighted by Crippen LogP contribution is 2.35. The smallest absolute Gasteiger partial charge is 0.0159 e. The van der Waals surface area contributed by atoms with Crippen molar-refractivity contribution in [1.29, 1.82) is 0 Å². The summed E-state index contributed by atoms with van der Waals surface area (Å²) in [7, 11) is 0.